The van der Waals surface area contributed by atoms with Crippen molar-refractivity contribution in [2.24, 2.45) is 0 Å². The molecule has 2 aromatic rings. The van der Waals surface area contributed by atoms with E-state index in [2.05, 4.69) is 15.9 Å². The molecule has 0 amide bonds. The first-order valence-electron chi connectivity index (χ1n) is 7.55. The second kappa shape index (κ2) is 5.99. The quantitative estimate of drug-likeness (QED) is 0.674. The van der Waals surface area contributed by atoms with Crippen LogP contribution in [0.4, 0.5) is 0 Å². The summed E-state index contributed by atoms with van der Waals surface area (Å²) in [4.78, 5) is 0. The molecule has 0 N–H and O–H groups in total. The van der Waals surface area contributed by atoms with Gasteiger partial charge in [-0.25, -0.2) is 0 Å². The van der Waals surface area contributed by atoms with Gasteiger partial charge in [0.25, 0.3) is 0 Å². The monoisotopic (exact) mass is 394 g/mol. The number of hydrogen-bond donors (Lipinski definition) is 0. The van der Waals surface area contributed by atoms with Crippen LogP contribution in [0, 0.1) is 0 Å². The zero-order chi connectivity index (χ0) is 16.7. The van der Waals surface area contributed by atoms with E-state index in [0.29, 0.717) is 18.1 Å². The summed E-state index contributed by atoms with van der Waals surface area (Å²) < 4.78 is 26.2. The highest BCUT2D eigenvalue weighted by Gasteiger charge is 2.48. The predicted octanol–water partition coefficient (Wildman–Crippen LogP) is 5.16. The van der Waals surface area contributed by atoms with Gasteiger partial charge < -0.3 is 14.0 Å². The lowest BCUT2D eigenvalue weighted by Gasteiger charge is -2.27. The van der Waals surface area contributed by atoms with Crippen molar-refractivity contribution in [1.29, 1.82) is 0 Å². The minimum absolute atomic E-state index is 0.232. The molecular weight excluding hydrogens is 375 g/mol. The Labute approximate surface area is 145 Å². The molecule has 122 valence electrons. The Hall–Kier alpha value is -1.25. The summed E-state index contributed by atoms with van der Waals surface area (Å²) >= 11 is 3.49. The lowest BCUT2D eigenvalue weighted by atomic mass is 10.2. The first-order chi connectivity index (χ1) is 10.8. The molecule has 0 saturated carbocycles. The number of fused-ring (bicyclic) bond motifs is 1. The predicted molar refractivity (Wildman–Crippen MR) is 97.4 cm³/mol. The minimum Gasteiger partial charge on any atom is -0.488 e. The molecule has 0 fully saturated rings. The van der Waals surface area contributed by atoms with E-state index in [4.69, 9.17) is 9.47 Å². The molecule has 0 aliphatic carbocycles. The Balaban J connectivity index is 2.00. The third kappa shape index (κ3) is 2.95. The first kappa shape index (κ1) is 16.6. The Bertz CT molecular complexity index is 766. The largest absolute Gasteiger partial charge is 0.488 e. The maximum atomic E-state index is 13.6. The molecule has 5 heteroatoms. The van der Waals surface area contributed by atoms with Crippen molar-refractivity contribution in [3.63, 3.8) is 0 Å². The second-order valence-electron chi connectivity index (χ2n) is 6.68. The van der Waals surface area contributed by atoms with Gasteiger partial charge in [0, 0.05) is 5.16 Å². The van der Waals surface area contributed by atoms with Crippen molar-refractivity contribution >= 4 is 28.4 Å². The SMILES string of the molecule is CC(C)(C)[P@@]1(=O)COc2c(Br)ccc(OCc3ccccc3)c21. The zero-order valence-corrected chi connectivity index (χ0v) is 16.0. The Morgan fingerprint density at radius 3 is 2.52 bits per heavy atom. The molecule has 0 spiro atoms. The summed E-state index contributed by atoms with van der Waals surface area (Å²) in [7, 11) is -2.71. The van der Waals surface area contributed by atoms with E-state index in [1.165, 1.54) is 0 Å². The van der Waals surface area contributed by atoms with E-state index in [9.17, 15) is 4.57 Å². The van der Waals surface area contributed by atoms with Crippen LogP contribution in [0.15, 0.2) is 46.9 Å². The molecular formula is C18H20BrO3P. The maximum absolute atomic E-state index is 13.6. The van der Waals surface area contributed by atoms with E-state index in [0.717, 1.165) is 15.3 Å². The van der Waals surface area contributed by atoms with Crippen molar-refractivity contribution in [3.05, 3.63) is 52.5 Å². The molecule has 0 unspecified atom stereocenters. The molecule has 0 radical (unpaired) electrons. The van der Waals surface area contributed by atoms with E-state index >= 15 is 0 Å². The summed E-state index contributed by atoms with van der Waals surface area (Å²) in [5.74, 6) is 1.32. The van der Waals surface area contributed by atoms with Crippen molar-refractivity contribution in [1.82, 2.24) is 0 Å². The van der Waals surface area contributed by atoms with Gasteiger partial charge in [0.15, 0.2) is 7.14 Å². The van der Waals surface area contributed by atoms with Gasteiger partial charge in [-0.05, 0) is 33.6 Å². The van der Waals surface area contributed by atoms with E-state index in [-0.39, 0.29) is 11.5 Å². The van der Waals surface area contributed by atoms with Gasteiger partial charge >= 0.3 is 0 Å². The lowest BCUT2D eigenvalue weighted by Crippen LogP contribution is -2.23. The van der Waals surface area contributed by atoms with Gasteiger partial charge in [-0.2, -0.15) is 0 Å². The number of rotatable bonds is 3. The average molecular weight is 395 g/mol. The summed E-state index contributed by atoms with van der Waals surface area (Å²) in [6, 6.07) is 13.7. The van der Waals surface area contributed by atoms with Crippen LogP contribution in [-0.2, 0) is 11.2 Å². The third-order valence-electron chi connectivity index (χ3n) is 4.12. The lowest BCUT2D eigenvalue weighted by molar-refractivity contribution is 0.307. The molecule has 3 rings (SSSR count). The van der Waals surface area contributed by atoms with Crippen LogP contribution in [0.5, 0.6) is 11.5 Å². The van der Waals surface area contributed by atoms with Gasteiger partial charge in [0.2, 0.25) is 0 Å². The Kier molecular flexibility index (Phi) is 4.33. The average Bonchev–Trinajstić information content (AvgIpc) is 2.88. The van der Waals surface area contributed by atoms with Crippen LogP contribution < -0.4 is 14.8 Å². The zero-order valence-electron chi connectivity index (χ0n) is 13.5. The number of halogens is 1. The number of hydrogen-bond acceptors (Lipinski definition) is 3. The molecule has 1 aliphatic heterocycles. The fourth-order valence-corrected chi connectivity index (χ4v) is 5.71. The van der Waals surface area contributed by atoms with E-state index in [1.807, 2.05) is 63.2 Å². The van der Waals surface area contributed by atoms with Crippen LogP contribution in [-0.4, -0.2) is 11.5 Å². The molecule has 0 bridgehead atoms. The van der Waals surface area contributed by atoms with Gasteiger partial charge in [-0.15, -0.1) is 0 Å². The molecule has 1 atom stereocenters. The number of ether oxygens (including phenoxy) is 2. The first-order valence-corrected chi connectivity index (χ1v) is 10.2. The fraction of sp³-hybridized carbons (Fsp3) is 0.333. The summed E-state index contributed by atoms with van der Waals surface area (Å²) in [5, 5.41) is 0.361. The van der Waals surface area contributed by atoms with Crippen molar-refractivity contribution in [2.45, 2.75) is 32.5 Å². The Morgan fingerprint density at radius 2 is 1.87 bits per heavy atom. The molecule has 2 aromatic carbocycles. The number of benzene rings is 2. The Morgan fingerprint density at radius 1 is 1.17 bits per heavy atom. The molecule has 23 heavy (non-hydrogen) atoms. The molecule has 1 aliphatic rings. The molecule has 3 nitrogen and oxygen atoms in total. The van der Waals surface area contributed by atoms with Crippen molar-refractivity contribution in [3.8, 4) is 11.5 Å². The fourth-order valence-electron chi connectivity index (χ4n) is 2.61. The highest BCUT2D eigenvalue weighted by Crippen LogP contribution is 2.64. The van der Waals surface area contributed by atoms with Gasteiger partial charge in [0.1, 0.15) is 29.8 Å². The van der Waals surface area contributed by atoms with Crippen LogP contribution in [0.3, 0.4) is 0 Å². The molecule has 0 aromatic heterocycles. The van der Waals surface area contributed by atoms with Gasteiger partial charge in [0.05, 0.1) is 4.47 Å². The smallest absolute Gasteiger partial charge is 0.163 e. The maximum Gasteiger partial charge on any atom is 0.163 e. The van der Waals surface area contributed by atoms with Crippen LogP contribution in [0.25, 0.3) is 0 Å². The van der Waals surface area contributed by atoms with Crippen LogP contribution in [0.1, 0.15) is 26.3 Å². The third-order valence-corrected chi connectivity index (χ3v) is 8.55. The van der Waals surface area contributed by atoms with Crippen molar-refractivity contribution in [2.75, 3.05) is 6.35 Å². The summed E-state index contributed by atoms with van der Waals surface area (Å²) in [6.07, 6.45) is 0.232. The standard InChI is InChI=1S/C18H20BrO3P/c1-18(2,3)23(20)12-22-16-14(19)9-10-15(17(16)23)21-11-13-7-5-4-6-8-13/h4-10H,11-12H2,1-3H3/t23-/m1/s1. The van der Waals surface area contributed by atoms with Crippen LogP contribution >= 0.6 is 23.1 Å². The van der Waals surface area contributed by atoms with Crippen molar-refractivity contribution < 1.29 is 14.0 Å². The highest BCUT2D eigenvalue weighted by molar-refractivity contribution is 9.10. The highest BCUT2D eigenvalue weighted by atomic mass is 79.9. The second-order valence-corrected chi connectivity index (χ2v) is 11.1. The van der Waals surface area contributed by atoms with Gasteiger partial charge in [-0.3, -0.25) is 0 Å². The van der Waals surface area contributed by atoms with Gasteiger partial charge in [-0.1, -0.05) is 51.1 Å². The minimum atomic E-state index is -2.71. The molecule has 1 heterocycles. The summed E-state index contributed by atoms with van der Waals surface area (Å²) in [6.45, 7) is 6.43. The topological polar surface area (TPSA) is 35.5 Å². The molecule has 0 saturated heterocycles. The van der Waals surface area contributed by atoms with E-state index in [1.54, 1.807) is 0 Å². The van der Waals surface area contributed by atoms with E-state index < -0.39 is 7.14 Å². The van der Waals surface area contributed by atoms with Crippen LogP contribution in [0.2, 0.25) is 0 Å². The normalized spacial score (nSPS) is 20.0. The summed E-state index contributed by atoms with van der Waals surface area (Å²) in [5.41, 5.74) is 1.08.